The van der Waals surface area contributed by atoms with Gasteiger partial charge in [0.2, 0.25) is 5.91 Å². The standard InChI is InChI=1S/C14H26N2OS/c1-13(2)5-10(15)6-14(3,8-13)9-16-7-11(18)4-12(16)17/h10-11,18H,4-9,15H2,1-3H3. The van der Waals surface area contributed by atoms with Gasteiger partial charge in [-0.2, -0.15) is 12.6 Å². The van der Waals surface area contributed by atoms with E-state index in [0.29, 0.717) is 6.42 Å². The molecule has 1 saturated heterocycles. The van der Waals surface area contributed by atoms with Gasteiger partial charge < -0.3 is 10.6 Å². The summed E-state index contributed by atoms with van der Waals surface area (Å²) in [5.74, 6) is 0.258. The van der Waals surface area contributed by atoms with Crippen molar-refractivity contribution in [3.63, 3.8) is 0 Å². The number of carbonyl (C=O) groups excluding carboxylic acids is 1. The molecule has 2 fully saturated rings. The zero-order valence-electron chi connectivity index (χ0n) is 11.8. The van der Waals surface area contributed by atoms with Crippen molar-refractivity contribution >= 4 is 18.5 Å². The first-order chi connectivity index (χ1) is 8.19. The van der Waals surface area contributed by atoms with E-state index in [9.17, 15) is 4.79 Å². The summed E-state index contributed by atoms with van der Waals surface area (Å²) >= 11 is 4.42. The lowest BCUT2D eigenvalue weighted by Crippen LogP contribution is -2.48. The van der Waals surface area contributed by atoms with Crippen LogP contribution in [0, 0.1) is 10.8 Å². The van der Waals surface area contributed by atoms with Gasteiger partial charge in [0.25, 0.3) is 0 Å². The van der Waals surface area contributed by atoms with Gasteiger partial charge in [0.05, 0.1) is 0 Å². The number of amides is 1. The zero-order chi connectivity index (χ0) is 13.6. The SMILES string of the molecule is CC1(C)CC(N)CC(C)(CN2CC(S)CC2=O)C1. The number of likely N-dealkylation sites (tertiary alicyclic amines) is 1. The minimum absolute atomic E-state index is 0.161. The van der Waals surface area contributed by atoms with Crippen LogP contribution in [0.3, 0.4) is 0 Å². The Balaban J connectivity index is 2.05. The Bertz CT molecular complexity index is 345. The summed E-state index contributed by atoms with van der Waals surface area (Å²) in [5, 5.41) is 0.214. The molecule has 0 aromatic rings. The number of nitrogens with zero attached hydrogens (tertiary/aromatic N) is 1. The van der Waals surface area contributed by atoms with Crippen LogP contribution < -0.4 is 5.73 Å². The number of rotatable bonds is 2. The van der Waals surface area contributed by atoms with E-state index < -0.39 is 0 Å². The molecule has 2 N–H and O–H groups in total. The van der Waals surface area contributed by atoms with Crippen LogP contribution in [0.25, 0.3) is 0 Å². The predicted octanol–water partition coefficient (Wildman–Crippen LogP) is 2.06. The lowest BCUT2D eigenvalue weighted by molar-refractivity contribution is -0.129. The van der Waals surface area contributed by atoms with Gasteiger partial charge in [-0.15, -0.1) is 0 Å². The molecule has 1 saturated carbocycles. The van der Waals surface area contributed by atoms with E-state index in [-0.39, 0.29) is 28.0 Å². The van der Waals surface area contributed by atoms with Crippen molar-refractivity contribution in [1.82, 2.24) is 4.90 Å². The van der Waals surface area contributed by atoms with Gasteiger partial charge in [0, 0.05) is 30.8 Å². The van der Waals surface area contributed by atoms with Gasteiger partial charge >= 0.3 is 0 Å². The molecule has 3 unspecified atom stereocenters. The molecular weight excluding hydrogens is 244 g/mol. The third-order valence-corrected chi connectivity index (χ3v) is 4.59. The Morgan fingerprint density at radius 2 is 2.06 bits per heavy atom. The van der Waals surface area contributed by atoms with Crippen molar-refractivity contribution in [2.45, 2.75) is 57.7 Å². The first-order valence-corrected chi connectivity index (χ1v) is 7.42. The van der Waals surface area contributed by atoms with E-state index in [1.807, 2.05) is 4.90 Å². The summed E-state index contributed by atoms with van der Waals surface area (Å²) in [7, 11) is 0. The second kappa shape index (κ2) is 4.71. The molecule has 3 atom stereocenters. The molecule has 0 bridgehead atoms. The van der Waals surface area contributed by atoms with Crippen LogP contribution in [-0.4, -0.2) is 35.2 Å². The molecule has 1 aliphatic heterocycles. The maximum Gasteiger partial charge on any atom is 0.223 e. The number of carbonyl (C=O) groups is 1. The molecule has 4 heteroatoms. The first-order valence-electron chi connectivity index (χ1n) is 6.91. The average molecular weight is 270 g/mol. The van der Waals surface area contributed by atoms with Crippen LogP contribution in [0.5, 0.6) is 0 Å². The molecular formula is C14H26N2OS. The van der Waals surface area contributed by atoms with Crippen molar-refractivity contribution in [3.05, 3.63) is 0 Å². The average Bonchev–Trinajstić information content (AvgIpc) is 2.38. The number of nitrogens with two attached hydrogens (primary N) is 1. The summed E-state index contributed by atoms with van der Waals surface area (Å²) in [4.78, 5) is 13.9. The fourth-order valence-electron chi connectivity index (χ4n) is 4.20. The summed E-state index contributed by atoms with van der Waals surface area (Å²) < 4.78 is 0. The van der Waals surface area contributed by atoms with Crippen molar-refractivity contribution in [2.75, 3.05) is 13.1 Å². The fourth-order valence-corrected chi connectivity index (χ4v) is 4.55. The molecule has 2 rings (SSSR count). The molecule has 104 valence electrons. The largest absolute Gasteiger partial charge is 0.341 e. The number of hydrogen-bond donors (Lipinski definition) is 2. The van der Waals surface area contributed by atoms with Crippen LogP contribution in [0.4, 0.5) is 0 Å². The molecule has 0 aromatic carbocycles. The monoisotopic (exact) mass is 270 g/mol. The van der Waals surface area contributed by atoms with Crippen molar-refractivity contribution in [3.8, 4) is 0 Å². The molecule has 2 aliphatic rings. The number of thiol groups is 1. The molecule has 1 amide bonds. The molecule has 0 spiro atoms. The maximum atomic E-state index is 11.9. The lowest BCUT2D eigenvalue weighted by atomic mass is 9.62. The van der Waals surface area contributed by atoms with Gasteiger partial charge in [-0.1, -0.05) is 20.8 Å². The summed E-state index contributed by atoms with van der Waals surface area (Å²) in [6, 6.07) is 0.267. The van der Waals surface area contributed by atoms with E-state index in [1.54, 1.807) is 0 Å². The summed E-state index contributed by atoms with van der Waals surface area (Å²) in [6.07, 6.45) is 3.85. The smallest absolute Gasteiger partial charge is 0.223 e. The highest BCUT2D eigenvalue weighted by molar-refractivity contribution is 7.81. The minimum atomic E-state index is 0.161. The highest BCUT2D eigenvalue weighted by atomic mass is 32.1. The molecule has 1 heterocycles. The Morgan fingerprint density at radius 1 is 1.39 bits per heavy atom. The van der Waals surface area contributed by atoms with Crippen LogP contribution in [0.2, 0.25) is 0 Å². The van der Waals surface area contributed by atoms with Gasteiger partial charge in [0.15, 0.2) is 0 Å². The lowest BCUT2D eigenvalue weighted by Gasteiger charge is -2.47. The van der Waals surface area contributed by atoms with Crippen LogP contribution in [0.1, 0.15) is 46.5 Å². The minimum Gasteiger partial charge on any atom is -0.341 e. The third kappa shape index (κ3) is 3.21. The highest BCUT2D eigenvalue weighted by Gasteiger charge is 2.42. The van der Waals surface area contributed by atoms with Crippen molar-refractivity contribution in [1.29, 1.82) is 0 Å². The normalized spacial score (nSPS) is 40.3. The van der Waals surface area contributed by atoms with E-state index >= 15 is 0 Å². The molecule has 0 aromatic heterocycles. The van der Waals surface area contributed by atoms with Gasteiger partial charge in [-0.05, 0) is 30.1 Å². The second-order valence-electron chi connectivity index (χ2n) is 7.45. The summed E-state index contributed by atoms with van der Waals surface area (Å²) in [5.41, 5.74) is 6.65. The van der Waals surface area contributed by atoms with E-state index in [0.717, 1.165) is 32.4 Å². The Kier molecular flexibility index (Phi) is 3.72. The second-order valence-corrected chi connectivity index (χ2v) is 8.18. The quantitative estimate of drug-likeness (QED) is 0.755. The highest BCUT2D eigenvalue weighted by Crippen LogP contribution is 2.46. The van der Waals surface area contributed by atoms with E-state index in [1.165, 1.54) is 0 Å². The topological polar surface area (TPSA) is 46.3 Å². The molecule has 18 heavy (non-hydrogen) atoms. The van der Waals surface area contributed by atoms with Gasteiger partial charge in [-0.3, -0.25) is 4.79 Å². The van der Waals surface area contributed by atoms with Crippen molar-refractivity contribution < 1.29 is 4.79 Å². The predicted molar refractivity (Wildman–Crippen MR) is 77.7 cm³/mol. The number of hydrogen-bond acceptors (Lipinski definition) is 3. The summed E-state index contributed by atoms with van der Waals surface area (Å²) in [6.45, 7) is 8.51. The zero-order valence-corrected chi connectivity index (χ0v) is 12.7. The first kappa shape index (κ1) is 14.2. The molecule has 1 aliphatic carbocycles. The van der Waals surface area contributed by atoms with E-state index in [4.69, 9.17) is 5.73 Å². The Labute approximate surface area is 116 Å². The Hall–Kier alpha value is -0.220. The van der Waals surface area contributed by atoms with Gasteiger partial charge in [0.1, 0.15) is 0 Å². The van der Waals surface area contributed by atoms with Crippen LogP contribution in [0.15, 0.2) is 0 Å². The fraction of sp³-hybridized carbons (Fsp3) is 0.929. The third-order valence-electron chi connectivity index (χ3n) is 4.24. The molecule has 3 nitrogen and oxygen atoms in total. The Morgan fingerprint density at radius 3 is 2.56 bits per heavy atom. The van der Waals surface area contributed by atoms with Crippen LogP contribution in [-0.2, 0) is 4.79 Å². The van der Waals surface area contributed by atoms with Gasteiger partial charge in [-0.25, -0.2) is 0 Å². The van der Waals surface area contributed by atoms with E-state index in [2.05, 4.69) is 33.4 Å². The molecule has 0 radical (unpaired) electrons. The maximum absolute atomic E-state index is 11.9. The van der Waals surface area contributed by atoms with Crippen molar-refractivity contribution in [2.24, 2.45) is 16.6 Å². The van der Waals surface area contributed by atoms with Crippen LogP contribution >= 0.6 is 12.6 Å².